The average molecular weight is 241 g/mol. The third-order valence-corrected chi connectivity index (χ3v) is 3.09. The highest BCUT2D eigenvalue weighted by Crippen LogP contribution is 2.22. The molecule has 0 amide bonds. The van der Waals surface area contributed by atoms with Crippen LogP contribution in [0, 0.1) is 5.92 Å². The van der Waals surface area contributed by atoms with E-state index >= 15 is 0 Å². The first kappa shape index (κ1) is 14.3. The second kappa shape index (κ2) is 8.34. The summed E-state index contributed by atoms with van der Waals surface area (Å²) in [6, 6.07) is 0. The van der Waals surface area contributed by atoms with Crippen LogP contribution in [0.1, 0.15) is 40.0 Å². The zero-order chi connectivity index (χ0) is 12.5. The Balaban J connectivity index is 2.25. The van der Waals surface area contributed by atoms with E-state index in [1.165, 1.54) is 19.3 Å². The summed E-state index contributed by atoms with van der Waals surface area (Å²) in [4.78, 5) is 4.58. The zero-order valence-corrected chi connectivity index (χ0v) is 11.5. The smallest absolute Gasteiger partial charge is 0.191 e. The van der Waals surface area contributed by atoms with Gasteiger partial charge in [0.1, 0.15) is 0 Å². The van der Waals surface area contributed by atoms with Crippen LogP contribution in [0.2, 0.25) is 0 Å². The standard InChI is InChI=1S/C13H27N3O/c1-4-14-13(15-5-2)16-8-6-12-7-9-17-11(3)10-12/h11-12H,4-10H2,1-3H3,(H2,14,15,16)/t11-,12+/m0/s1. The Labute approximate surface area is 105 Å². The summed E-state index contributed by atoms with van der Waals surface area (Å²) in [5.41, 5.74) is 0. The van der Waals surface area contributed by atoms with Crippen molar-refractivity contribution in [2.45, 2.75) is 46.1 Å². The van der Waals surface area contributed by atoms with Crippen LogP contribution in [-0.2, 0) is 4.74 Å². The Kier molecular flexibility index (Phi) is 7.01. The van der Waals surface area contributed by atoms with Crippen molar-refractivity contribution in [3.8, 4) is 0 Å². The minimum atomic E-state index is 0.430. The van der Waals surface area contributed by atoms with Crippen LogP contribution in [0.15, 0.2) is 4.99 Å². The van der Waals surface area contributed by atoms with Gasteiger partial charge >= 0.3 is 0 Å². The largest absolute Gasteiger partial charge is 0.378 e. The molecule has 0 aliphatic carbocycles. The molecule has 0 bridgehead atoms. The fourth-order valence-electron chi connectivity index (χ4n) is 2.22. The molecular formula is C13H27N3O. The highest BCUT2D eigenvalue weighted by Gasteiger charge is 2.18. The molecule has 0 radical (unpaired) electrons. The lowest BCUT2D eigenvalue weighted by molar-refractivity contribution is 0.00147. The molecule has 1 rings (SSSR count). The fourth-order valence-corrected chi connectivity index (χ4v) is 2.22. The Morgan fingerprint density at radius 2 is 2.00 bits per heavy atom. The number of nitrogens with one attached hydrogen (secondary N) is 2. The van der Waals surface area contributed by atoms with Gasteiger partial charge in [-0.3, -0.25) is 4.99 Å². The summed E-state index contributed by atoms with van der Waals surface area (Å²) < 4.78 is 5.55. The van der Waals surface area contributed by atoms with Crippen LogP contribution < -0.4 is 10.6 Å². The van der Waals surface area contributed by atoms with Crippen molar-refractivity contribution in [3.05, 3.63) is 0 Å². The summed E-state index contributed by atoms with van der Waals surface area (Å²) in [6.07, 6.45) is 3.98. The molecule has 17 heavy (non-hydrogen) atoms. The normalized spacial score (nSPS) is 24.2. The molecule has 2 atom stereocenters. The molecule has 100 valence electrons. The van der Waals surface area contributed by atoms with Crippen molar-refractivity contribution < 1.29 is 4.74 Å². The van der Waals surface area contributed by atoms with Gasteiger partial charge in [0.05, 0.1) is 6.10 Å². The molecule has 4 nitrogen and oxygen atoms in total. The average Bonchev–Trinajstić information content (AvgIpc) is 2.30. The van der Waals surface area contributed by atoms with Crippen molar-refractivity contribution in [3.63, 3.8) is 0 Å². The summed E-state index contributed by atoms with van der Waals surface area (Å²) in [5, 5.41) is 6.49. The van der Waals surface area contributed by atoms with Crippen molar-refractivity contribution in [1.82, 2.24) is 10.6 Å². The summed E-state index contributed by atoms with van der Waals surface area (Å²) in [5.74, 6) is 1.72. The van der Waals surface area contributed by atoms with E-state index in [0.29, 0.717) is 6.10 Å². The van der Waals surface area contributed by atoms with E-state index in [1.807, 2.05) is 0 Å². The topological polar surface area (TPSA) is 45.7 Å². The quantitative estimate of drug-likeness (QED) is 0.569. The number of hydrogen-bond donors (Lipinski definition) is 2. The maximum atomic E-state index is 5.55. The molecule has 0 aromatic rings. The molecule has 1 saturated heterocycles. The molecule has 4 heteroatoms. The van der Waals surface area contributed by atoms with Gasteiger partial charge < -0.3 is 15.4 Å². The van der Waals surface area contributed by atoms with Gasteiger partial charge in [0.15, 0.2) is 5.96 Å². The summed E-state index contributed by atoms with van der Waals surface area (Å²) >= 11 is 0. The van der Waals surface area contributed by atoms with E-state index in [2.05, 4.69) is 36.4 Å². The second-order valence-corrected chi connectivity index (χ2v) is 4.65. The molecular weight excluding hydrogens is 214 g/mol. The first-order valence-electron chi connectivity index (χ1n) is 6.90. The Morgan fingerprint density at radius 1 is 1.29 bits per heavy atom. The van der Waals surface area contributed by atoms with Gasteiger partial charge in [0.25, 0.3) is 0 Å². The molecule has 0 saturated carbocycles. The Hall–Kier alpha value is -0.770. The second-order valence-electron chi connectivity index (χ2n) is 4.65. The van der Waals surface area contributed by atoms with Crippen LogP contribution in [0.25, 0.3) is 0 Å². The molecule has 0 unspecified atom stereocenters. The van der Waals surface area contributed by atoms with Crippen LogP contribution in [0.4, 0.5) is 0 Å². The van der Waals surface area contributed by atoms with Gasteiger partial charge in [-0.15, -0.1) is 0 Å². The molecule has 1 heterocycles. The van der Waals surface area contributed by atoms with E-state index in [1.54, 1.807) is 0 Å². The van der Waals surface area contributed by atoms with Crippen LogP contribution in [0.3, 0.4) is 0 Å². The Bertz CT molecular complexity index is 223. The fraction of sp³-hybridized carbons (Fsp3) is 0.923. The van der Waals surface area contributed by atoms with E-state index in [4.69, 9.17) is 4.74 Å². The molecule has 0 aromatic carbocycles. The van der Waals surface area contributed by atoms with Crippen LogP contribution in [0.5, 0.6) is 0 Å². The number of rotatable bonds is 5. The van der Waals surface area contributed by atoms with Crippen molar-refractivity contribution in [1.29, 1.82) is 0 Å². The molecule has 1 aliphatic rings. The van der Waals surface area contributed by atoms with Crippen LogP contribution in [-0.4, -0.2) is 38.3 Å². The predicted molar refractivity (Wildman–Crippen MR) is 72.4 cm³/mol. The van der Waals surface area contributed by atoms with Gasteiger partial charge in [-0.2, -0.15) is 0 Å². The lowest BCUT2D eigenvalue weighted by atomic mass is 9.93. The van der Waals surface area contributed by atoms with Gasteiger partial charge in [0, 0.05) is 26.2 Å². The van der Waals surface area contributed by atoms with E-state index in [-0.39, 0.29) is 0 Å². The minimum absolute atomic E-state index is 0.430. The highest BCUT2D eigenvalue weighted by molar-refractivity contribution is 5.79. The molecule has 0 spiro atoms. The van der Waals surface area contributed by atoms with Crippen LogP contribution >= 0.6 is 0 Å². The third kappa shape index (κ3) is 5.91. The lowest BCUT2D eigenvalue weighted by Crippen LogP contribution is -2.37. The number of guanidine groups is 1. The van der Waals surface area contributed by atoms with Gasteiger partial charge in [-0.25, -0.2) is 0 Å². The monoisotopic (exact) mass is 241 g/mol. The van der Waals surface area contributed by atoms with Gasteiger partial charge in [-0.05, 0) is 46.0 Å². The van der Waals surface area contributed by atoms with E-state index in [9.17, 15) is 0 Å². The third-order valence-electron chi connectivity index (χ3n) is 3.09. The highest BCUT2D eigenvalue weighted by atomic mass is 16.5. The van der Waals surface area contributed by atoms with Gasteiger partial charge in [-0.1, -0.05) is 0 Å². The van der Waals surface area contributed by atoms with Gasteiger partial charge in [0.2, 0.25) is 0 Å². The molecule has 2 N–H and O–H groups in total. The number of aliphatic imine (C=N–C) groups is 1. The first-order chi connectivity index (χ1) is 8.26. The minimum Gasteiger partial charge on any atom is -0.378 e. The van der Waals surface area contributed by atoms with Crippen molar-refractivity contribution in [2.75, 3.05) is 26.2 Å². The Morgan fingerprint density at radius 3 is 2.59 bits per heavy atom. The van der Waals surface area contributed by atoms with Crippen molar-refractivity contribution >= 4 is 5.96 Å². The number of hydrogen-bond acceptors (Lipinski definition) is 2. The van der Waals surface area contributed by atoms with E-state index < -0.39 is 0 Å². The number of ether oxygens (including phenoxy) is 1. The molecule has 1 aliphatic heterocycles. The lowest BCUT2D eigenvalue weighted by Gasteiger charge is -2.26. The zero-order valence-electron chi connectivity index (χ0n) is 11.5. The van der Waals surface area contributed by atoms with Crippen molar-refractivity contribution in [2.24, 2.45) is 10.9 Å². The number of nitrogens with zero attached hydrogens (tertiary/aromatic N) is 1. The predicted octanol–water partition coefficient (Wildman–Crippen LogP) is 1.77. The summed E-state index contributed by atoms with van der Waals surface area (Å²) in [7, 11) is 0. The summed E-state index contributed by atoms with van der Waals surface area (Å²) in [6.45, 7) is 10.0. The molecule has 1 fully saturated rings. The maximum absolute atomic E-state index is 5.55. The van der Waals surface area contributed by atoms with E-state index in [0.717, 1.165) is 38.1 Å². The molecule has 0 aromatic heterocycles. The maximum Gasteiger partial charge on any atom is 0.191 e. The SMILES string of the molecule is CCNC(=NCC[C@@H]1CCO[C@@H](C)C1)NCC. The first-order valence-corrected chi connectivity index (χ1v) is 6.90.